The standard InChI is InChI=1S/C8H7NO4/c10-4-9-7-5(8(12)13)2-1-3-6(7)11/h1-4,11H,(H,9,10)(H,12,13). The Morgan fingerprint density at radius 1 is 1.46 bits per heavy atom. The zero-order valence-corrected chi connectivity index (χ0v) is 6.52. The van der Waals surface area contributed by atoms with Gasteiger partial charge in [0.2, 0.25) is 6.41 Å². The topological polar surface area (TPSA) is 86.6 Å². The van der Waals surface area contributed by atoms with E-state index >= 15 is 0 Å². The average molecular weight is 181 g/mol. The van der Waals surface area contributed by atoms with Gasteiger partial charge in [-0.25, -0.2) is 4.79 Å². The van der Waals surface area contributed by atoms with Crippen LogP contribution in [-0.4, -0.2) is 22.6 Å². The van der Waals surface area contributed by atoms with Crippen molar-refractivity contribution in [2.45, 2.75) is 0 Å². The number of benzene rings is 1. The third-order valence-corrected chi connectivity index (χ3v) is 1.48. The van der Waals surface area contributed by atoms with Gasteiger partial charge in [0.25, 0.3) is 0 Å². The first kappa shape index (κ1) is 9.05. The molecule has 0 aliphatic carbocycles. The molecule has 13 heavy (non-hydrogen) atoms. The number of nitrogens with one attached hydrogen (secondary N) is 1. The van der Waals surface area contributed by atoms with Crippen LogP contribution in [-0.2, 0) is 4.79 Å². The third-order valence-electron chi connectivity index (χ3n) is 1.48. The van der Waals surface area contributed by atoms with Crippen LogP contribution in [0.5, 0.6) is 5.75 Å². The molecule has 0 atom stereocenters. The number of phenolic OH excluding ortho intramolecular Hbond substituents is 1. The van der Waals surface area contributed by atoms with E-state index in [4.69, 9.17) is 5.11 Å². The number of carbonyl (C=O) groups is 2. The van der Waals surface area contributed by atoms with Crippen LogP contribution in [0.2, 0.25) is 0 Å². The van der Waals surface area contributed by atoms with Gasteiger partial charge in [-0.1, -0.05) is 6.07 Å². The Hall–Kier alpha value is -2.04. The number of carboxylic acid groups (broad SMARTS) is 1. The van der Waals surface area contributed by atoms with Gasteiger partial charge < -0.3 is 15.5 Å². The number of aromatic hydroxyl groups is 1. The van der Waals surface area contributed by atoms with E-state index in [9.17, 15) is 14.7 Å². The molecule has 0 aromatic heterocycles. The van der Waals surface area contributed by atoms with Crippen LogP contribution in [0.4, 0.5) is 5.69 Å². The van der Waals surface area contributed by atoms with Crippen LogP contribution in [0.1, 0.15) is 10.4 Å². The molecular weight excluding hydrogens is 174 g/mol. The molecule has 0 radical (unpaired) electrons. The lowest BCUT2D eigenvalue weighted by atomic mass is 10.1. The Balaban J connectivity index is 3.24. The van der Waals surface area contributed by atoms with E-state index in [-0.39, 0.29) is 17.0 Å². The molecule has 68 valence electrons. The lowest BCUT2D eigenvalue weighted by Gasteiger charge is -2.05. The van der Waals surface area contributed by atoms with Crippen molar-refractivity contribution in [1.82, 2.24) is 0 Å². The van der Waals surface area contributed by atoms with Crippen LogP contribution in [0.25, 0.3) is 0 Å². The summed E-state index contributed by atoms with van der Waals surface area (Å²) in [6, 6.07) is 3.96. The van der Waals surface area contributed by atoms with Crippen molar-refractivity contribution in [1.29, 1.82) is 0 Å². The summed E-state index contributed by atoms with van der Waals surface area (Å²) in [4.78, 5) is 20.7. The summed E-state index contributed by atoms with van der Waals surface area (Å²) in [7, 11) is 0. The number of aromatic carboxylic acids is 1. The van der Waals surface area contributed by atoms with E-state index in [1.807, 2.05) is 0 Å². The summed E-state index contributed by atoms with van der Waals surface area (Å²) in [5.74, 6) is -1.48. The number of amides is 1. The first-order valence-corrected chi connectivity index (χ1v) is 3.42. The highest BCUT2D eigenvalue weighted by Crippen LogP contribution is 2.26. The van der Waals surface area contributed by atoms with Crippen LogP contribution >= 0.6 is 0 Å². The average Bonchev–Trinajstić information content (AvgIpc) is 2.08. The second-order valence-electron chi connectivity index (χ2n) is 2.27. The molecule has 0 heterocycles. The number of phenols is 1. The quantitative estimate of drug-likeness (QED) is 0.472. The van der Waals surface area contributed by atoms with Gasteiger partial charge >= 0.3 is 5.97 Å². The minimum Gasteiger partial charge on any atom is -0.506 e. The predicted molar refractivity (Wildman–Crippen MR) is 44.8 cm³/mol. The number of carboxylic acids is 1. The molecule has 1 aromatic carbocycles. The van der Waals surface area contributed by atoms with Crippen LogP contribution < -0.4 is 5.32 Å². The second-order valence-corrected chi connectivity index (χ2v) is 2.27. The number of rotatable bonds is 3. The minimum absolute atomic E-state index is 0.0926. The van der Waals surface area contributed by atoms with Crippen molar-refractivity contribution in [3.8, 4) is 5.75 Å². The number of para-hydroxylation sites is 1. The SMILES string of the molecule is O=CNc1c(O)cccc1C(=O)O. The van der Waals surface area contributed by atoms with Crippen molar-refractivity contribution in [3.05, 3.63) is 23.8 Å². The zero-order chi connectivity index (χ0) is 9.84. The molecule has 0 aliphatic heterocycles. The van der Waals surface area contributed by atoms with E-state index in [2.05, 4.69) is 5.32 Å². The van der Waals surface area contributed by atoms with Crippen LogP contribution in [0.15, 0.2) is 18.2 Å². The maximum Gasteiger partial charge on any atom is 0.337 e. The molecule has 0 bridgehead atoms. The molecule has 0 unspecified atom stereocenters. The number of anilines is 1. The lowest BCUT2D eigenvalue weighted by molar-refractivity contribution is -0.105. The summed E-state index contributed by atoms with van der Waals surface area (Å²) in [5.41, 5.74) is -0.239. The van der Waals surface area contributed by atoms with Crippen molar-refractivity contribution < 1.29 is 19.8 Å². The molecule has 0 saturated carbocycles. The minimum atomic E-state index is -1.21. The summed E-state index contributed by atoms with van der Waals surface area (Å²) >= 11 is 0. The molecule has 5 nitrogen and oxygen atoms in total. The molecule has 0 aliphatic rings. The van der Waals surface area contributed by atoms with E-state index < -0.39 is 5.97 Å². The zero-order valence-electron chi connectivity index (χ0n) is 6.52. The largest absolute Gasteiger partial charge is 0.506 e. The molecule has 5 heteroatoms. The van der Waals surface area contributed by atoms with Gasteiger partial charge in [-0.2, -0.15) is 0 Å². The van der Waals surface area contributed by atoms with Crippen LogP contribution in [0, 0.1) is 0 Å². The van der Waals surface area contributed by atoms with Crippen LogP contribution in [0.3, 0.4) is 0 Å². The van der Waals surface area contributed by atoms with Gasteiger partial charge in [-0.15, -0.1) is 0 Å². The molecule has 1 amide bonds. The molecule has 3 N–H and O–H groups in total. The first-order chi connectivity index (χ1) is 6.16. The molecule has 0 saturated heterocycles. The van der Waals surface area contributed by atoms with Crippen molar-refractivity contribution in [2.75, 3.05) is 5.32 Å². The Kier molecular flexibility index (Phi) is 2.49. The molecule has 0 spiro atoms. The number of hydrogen-bond acceptors (Lipinski definition) is 3. The number of hydrogen-bond donors (Lipinski definition) is 3. The third kappa shape index (κ3) is 1.76. The van der Waals surface area contributed by atoms with Crippen molar-refractivity contribution >= 4 is 18.1 Å². The number of carbonyl (C=O) groups excluding carboxylic acids is 1. The monoisotopic (exact) mass is 181 g/mol. The first-order valence-electron chi connectivity index (χ1n) is 3.42. The fraction of sp³-hybridized carbons (Fsp3) is 0. The van der Waals surface area contributed by atoms with Gasteiger partial charge in [0.05, 0.1) is 11.3 Å². The fourth-order valence-electron chi connectivity index (χ4n) is 0.929. The normalized spacial score (nSPS) is 9.23. The highest BCUT2D eigenvalue weighted by atomic mass is 16.4. The second kappa shape index (κ2) is 3.57. The molecule has 1 rings (SSSR count). The fourth-order valence-corrected chi connectivity index (χ4v) is 0.929. The summed E-state index contributed by atoms with van der Waals surface area (Å²) in [5, 5.41) is 20.0. The maximum absolute atomic E-state index is 10.6. The Bertz CT molecular complexity index is 348. The lowest BCUT2D eigenvalue weighted by Crippen LogP contribution is -2.04. The van der Waals surface area contributed by atoms with Crippen molar-refractivity contribution in [2.24, 2.45) is 0 Å². The summed E-state index contributed by atoms with van der Waals surface area (Å²) in [6.45, 7) is 0. The van der Waals surface area contributed by atoms with Gasteiger partial charge in [-0.3, -0.25) is 4.79 Å². The Labute approximate surface area is 73.6 Å². The smallest absolute Gasteiger partial charge is 0.337 e. The maximum atomic E-state index is 10.6. The van der Waals surface area contributed by atoms with E-state index in [0.29, 0.717) is 6.41 Å². The summed E-state index contributed by atoms with van der Waals surface area (Å²) < 4.78 is 0. The van der Waals surface area contributed by atoms with E-state index in [0.717, 1.165) is 0 Å². The highest BCUT2D eigenvalue weighted by Gasteiger charge is 2.12. The Morgan fingerprint density at radius 2 is 2.15 bits per heavy atom. The van der Waals surface area contributed by atoms with Gasteiger partial charge in [-0.05, 0) is 12.1 Å². The predicted octanol–water partition coefficient (Wildman–Crippen LogP) is 0.659. The highest BCUT2D eigenvalue weighted by molar-refractivity contribution is 5.98. The van der Waals surface area contributed by atoms with Gasteiger partial charge in [0, 0.05) is 0 Å². The van der Waals surface area contributed by atoms with Gasteiger partial charge in [0.15, 0.2) is 0 Å². The molecular formula is C8H7NO4. The van der Waals surface area contributed by atoms with E-state index in [1.54, 1.807) is 0 Å². The molecule has 0 fully saturated rings. The summed E-state index contributed by atoms with van der Waals surface area (Å²) in [6.07, 6.45) is 0.307. The molecule has 1 aromatic rings. The van der Waals surface area contributed by atoms with Crippen molar-refractivity contribution in [3.63, 3.8) is 0 Å². The van der Waals surface area contributed by atoms with Gasteiger partial charge in [0.1, 0.15) is 5.75 Å². The van der Waals surface area contributed by atoms with E-state index in [1.165, 1.54) is 18.2 Å². The Morgan fingerprint density at radius 3 is 2.69 bits per heavy atom.